The third-order valence-electron chi connectivity index (χ3n) is 5.26. The van der Waals surface area contributed by atoms with Crippen LogP contribution in [0, 0.1) is 0 Å². The molecule has 4 rings (SSSR count). The minimum atomic E-state index is -1.26. The van der Waals surface area contributed by atoms with E-state index < -0.39 is 5.60 Å². The Kier molecular flexibility index (Phi) is 6.92. The van der Waals surface area contributed by atoms with E-state index in [9.17, 15) is 5.11 Å². The number of benzene rings is 1. The molecule has 0 saturated heterocycles. The smallest absolute Gasteiger partial charge is 0.191 e. The first-order chi connectivity index (χ1) is 15.1. The summed E-state index contributed by atoms with van der Waals surface area (Å²) in [6, 6.07) is 19.9. The molecule has 0 amide bonds. The number of furan rings is 1. The van der Waals surface area contributed by atoms with Crippen LogP contribution in [0.5, 0.6) is 5.75 Å². The van der Waals surface area contributed by atoms with Crippen molar-refractivity contribution < 1.29 is 14.3 Å². The van der Waals surface area contributed by atoms with Crippen molar-refractivity contribution in [2.75, 3.05) is 13.7 Å². The van der Waals surface area contributed by atoms with Crippen molar-refractivity contribution in [3.05, 3.63) is 98.3 Å². The molecule has 6 heteroatoms. The fraction of sp³-hybridized carbons (Fsp3) is 0.280. The molecule has 0 atom stereocenters. The van der Waals surface area contributed by atoms with Crippen molar-refractivity contribution in [1.82, 2.24) is 4.90 Å². The molecule has 0 bridgehead atoms. The summed E-state index contributed by atoms with van der Waals surface area (Å²) < 4.78 is 11.5. The maximum Gasteiger partial charge on any atom is 0.191 e. The molecular formula is C25H27NO3S2. The SMILES string of the molecule is CCCN(Cc1ccc(OC)cc1)Cc1ccc(C(O)(c2cccs2)c2cccs2)o1. The van der Waals surface area contributed by atoms with Gasteiger partial charge in [0.25, 0.3) is 0 Å². The van der Waals surface area contributed by atoms with E-state index in [-0.39, 0.29) is 0 Å². The monoisotopic (exact) mass is 453 g/mol. The quantitative estimate of drug-likeness (QED) is 0.315. The molecule has 162 valence electrons. The summed E-state index contributed by atoms with van der Waals surface area (Å²) in [6.45, 7) is 4.65. The van der Waals surface area contributed by atoms with Gasteiger partial charge in [-0.25, -0.2) is 0 Å². The Morgan fingerprint density at radius 2 is 1.61 bits per heavy atom. The van der Waals surface area contributed by atoms with Gasteiger partial charge >= 0.3 is 0 Å². The highest BCUT2D eigenvalue weighted by molar-refractivity contribution is 7.11. The van der Waals surface area contributed by atoms with Gasteiger partial charge in [0, 0.05) is 16.3 Å². The lowest BCUT2D eigenvalue weighted by molar-refractivity contribution is 0.102. The average Bonchev–Trinajstić information content (AvgIpc) is 3.57. The predicted octanol–water partition coefficient (Wildman–Crippen LogP) is 6.11. The van der Waals surface area contributed by atoms with E-state index in [0.717, 1.165) is 40.8 Å². The van der Waals surface area contributed by atoms with Gasteiger partial charge in [0.2, 0.25) is 0 Å². The van der Waals surface area contributed by atoms with Crippen LogP contribution < -0.4 is 4.74 Å². The van der Waals surface area contributed by atoms with Gasteiger partial charge in [0.05, 0.1) is 13.7 Å². The predicted molar refractivity (Wildman–Crippen MR) is 127 cm³/mol. The second-order valence-electron chi connectivity index (χ2n) is 7.49. The summed E-state index contributed by atoms with van der Waals surface area (Å²) >= 11 is 3.07. The van der Waals surface area contributed by atoms with Gasteiger partial charge in [-0.3, -0.25) is 4.90 Å². The van der Waals surface area contributed by atoms with Crippen LogP contribution in [-0.2, 0) is 18.7 Å². The molecule has 0 aliphatic carbocycles. The molecule has 3 aromatic heterocycles. The Hall–Kier alpha value is -2.38. The highest BCUT2D eigenvalue weighted by atomic mass is 32.1. The van der Waals surface area contributed by atoms with Crippen LogP contribution in [0.15, 0.2) is 75.8 Å². The average molecular weight is 454 g/mol. The molecule has 1 aromatic carbocycles. The number of ether oxygens (including phenoxy) is 1. The van der Waals surface area contributed by atoms with Crippen LogP contribution in [0.2, 0.25) is 0 Å². The lowest BCUT2D eigenvalue weighted by Crippen LogP contribution is -2.26. The molecule has 0 fully saturated rings. The fourth-order valence-corrected chi connectivity index (χ4v) is 5.48. The van der Waals surface area contributed by atoms with Crippen LogP contribution in [0.4, 0.5) is 0 Å². The van der Waals surface area contributed by atoms with E-state index in [2.05, 4.69) is 24.0 Å². The molecule has 1 N–H and O–H groups in total. The van der Waals surface area contributed by atoms with Gasteiger partial charge in [0.1, 0.15) is 17.3 Å². The van der Waals surface area contributed by atoms with Gasteiger partial charge in [-0.1, -0.05) is 31.2 Å². The van der Waals surface area contributed by atoms with Gasteiger partial charge in [-0.2, -0.15) is 0 Å². The number of rotatable bonds is 10. The Morgan fingerprint density at radius 1 is 0.935 bits per heavy atom. The molecule has 0 aliphatic heterocycles. The van der Waals surface area contributed by atoms with Gasteiger partial charge in [0.15, 0.2) is 5.60 Å². The fourth-order valence-electron chi connectivity index (χ4n) is 3.73. The van der Waals surface area contributed by atoms with Gasteiger partial charge in [-0.15, -0.1) is 22.7 Å². The zero-order chi connectivity index (χ0) is 21.7. The standard InChI is InChI=1S/C25H27NO3S2/c1-3-14-26(17-19-8-10-20(28-2)11-9-19)18-21-12-13-22(29-21)25(27,23-6-4-15-30-23)24-7-5-16-31-24/h4-13,15-16,27H,3,14,17-18H2,1-2H3. The number of nitrogens with zero attached hydrogens (tertiary/aromatic N) is 1. The molecule has 0 saturated carbocycles. The van der Waals surface area contributed by atoms with E-state index in [1.807, 2.05) is 59.3 Å². The molecular weight excluding hydrogens is 426 g/mol. The Morgan fingerprint density at radius 3 is 2.16 bits per heavy atom. The first-order valence-electron chi connectivity index (χ1n) is 10.4. The van der Waals surface area contributed by atoms with Crippen LogP contribution >= 0.6 is 22.7 Å². The highest BCUT2D eigenvalue weighted by Crippen LogP contribution is 2.41. The van der Waals surface area contributed by atoms with E-state index >= 15 is 0 Å². The van der Waals surface area contributed by atoms with Crippen molar-refractivity contribution in [3.8, 4) is 5.75 Å². The summed E-state index contributed by atoms with van der Waals surface area (Å²) in [6.07, 6.45) is 1.05. The zero-order valence-electron chi connectivity index (χ0n) is 17.8. The summed E-state index contributed by atoms with van der Waals surface area (Å²) in [7, 11) is 1.68. The molecule has 4 aromatic rings. The third-order valence-corrected chi connectivity index (χ3v) is 7.22. The highest BCUT2D eigenvalue weighted by Gasteiger charge is 2.39. The Balaban J connectivity index is 1.56. The molecule has 0 spiro atoms. The van der Waals surface area contributed by atoms with E-state index in [4.69, 9.17) is 9.15 Å². The molecule has 31 heavy (non-hydrogen) atoms. The van der Waals surface area contributed by atoms with E-state index in [1.54, 1.807) is 7.11 Å². The number of thiophene rings is 2. The van der Waals surface area contributed by atoms with E-state index in [0.29, 0.717) is 12.3 Å². The molecule has 0 aliphatic rings. The summed E-state index contributed by atoms with van der Waals surface area (Å²) in [5.74, 6) is 2.28. The van der Waals surface area contributed by atoms with Gasteiger partial charge < -0.3 is 14.3 Å². The first-order valence-corrected chi connectivity index (χ1v) is 12.1. The molecule has 3 heterocycles. The summed E-state index contributed by atoms with van der Waals surface area (Å²) in [5, 5.41) is 15.7. The molecule has 0 unspecified atom stereocenters. The maximum atomic E-state index is 11.7. The summed E-state index contributed by atoms with van der Waals surface area (Å²) in [5.41, 5.74) is -0.0266. The lowest BCUT2D eigenvalue weighted by Gasteiger charge is -2.24. The van der Waals surface area contributed by atoms with Crippen LogP contribution in [0.1, 0.15) is 40.2 Å². The normalized spacial score (nSPS) is 11.9. The van der Waals surface area contributed by atoms with Crippen molar-refractivity contribution in [2.24, 2.45) is 0 Å². The number of hydrogen-bond acceptors (Lipinski definition) is 6. The van der Waals surface area contributed by atoms with Crippen molar-refractivity contribution >= 4 is 22.7 Å². The zero-order valence-corrected chi connectivity index (χ0v) is 19.4. The number of hydrogen-bond donors (Lipinski definition) is 1. The van der Waals surface area contributed by atoms with Gasteiger partial charge in [-0.05, 0) is 65.7 Å². The Labute approximate surface area is 191 Å². The van der Waals surface area contributed by atoms with Crippen molar-refractivity contribution in [2.45, 2.75) is 32.0 Å². The van der Waals surface area contributed by atoms with Crippen molar-refractivity contribution in [3.63, 3.8) is 0 Å². The minimum absolute atomic E-state index is 0.563. The first kappa shape index (κ1) is 21.8. The lowest BCUT2D eigenvalue weighted by atomic mass is 9.97. The maximum absolute atomic E-state index is 11.7. The Bertz CT molecular complexity index is 1020. The molecule has 0 radical (unpaired) electrons. The topological polar surface area (TPSA) is 45.8 Å². The number of aliphatic hydroxyl groups is 1. The van der Waals surface area contributed by atoms with Crippen LogP contribution in [0.3, 0.4) is 0 Å². The van der Waals surface area contributed by atoms with E-state index in [1.165, 1.54) is 28.2 Å². The summed E-state index contributed by atoms with van der Waals surface area (Å²) in [4.78, 5) is 4.08. The molecule has 4 nitrogen and oxygen atoms in total. The van der Waals surface area contributed by atoms with Crippen LogP contribution in [-0.4, -0.2) is 23.7 Å². The second-order valence-corrected chi connectivity index (χ2v) is 9.39. The van der Waals surface area contributed by atoms with Crippen molar-refractivity contribution in [1.29, 1.82) is 0 Å². The second kappa shape index (κ2) is 9.83. The number of methoxy groups -OCH3 is 1. The largest absolute Gasteiger partial charge is 0.497 e. The third kappa shape index (κ3) is 4.77. The minimum Gasteiger partial charge on any atom is -0.497 e. The van der Waals surface area contributed by atoms with Crippen LogP contribution in [0.25, 0.3) is 0 Å².